The van der Waals surface area contributed by atoms with Crippen LogP contribution in [0.15, 0.2) is 36.5 Å². The van der Waals surface area contributed by atoms with Crippen molar-refractivity contribution in [2.75, 3.05) is 6.61 Å². The summed E-state index contributed by atoms with van der Waals surface area (Å²) in [6.45, 7) is 4.31. The topological polar surface area (TPSA) is 69.6 Å². The SMILES string of the molecule is CCCCCCCCCCCCC/C=C\CCCCCCCCCC(=O)NC(CO)C(O)/C=C/CC/C=C/CCCCCCCCCCCCCC. The Hall–Kier alpha value is -1.39. The van der Waals surface area contributed by atoms with Crippen molar-refractivity contribution < 1.29 is 15.0 Å². The molecule has 0 aliphatic heterocycles. The number of rotatable bonds is 42. The second-order valence-electron chi connectivity index (χ2n) is 15.8. The van der Waals surface area contributed by atoms with Crippen LogP contribution in [-0.2, 0) is 4.79 Å². The highest BCUT2D eigenvalue weighted by Crippen LogP contribution is 2.15. The van der Waals surface area contributed by atoms with Crippen LogP contribution in [0.4, 0.5) is 0 Å². The molecule has 0 aromatic heterocycles. The minimum absolute atomic E-state index is 0.0767. The standard InChI is InChI=1S/C48H91NO3/c1-3-5-7-9-11-13-15-17-19-21-23-24-25-26-28-30-32-34-36-38-40-42-44-48(52)49-46(45-50)47(51)43-41-39-37-35-33-31-29-27-22-20-18-16-14-12-10-8-6-4-2/h25-26,33,35,41,43,46-47,50-51H,3-24,27-32,34,36-40,42,44-45H2,1-2H3,(H,49,52)/b26-25-,35-33+,43-41+. The maximum atomic E-state index is 12.4. The van der Waals surface area contributed by atoms with Crippen LogP contribution in [0.5, 0.6) is 0 Å². The van der Waals surface area contributed by atoms with Gasteiger partial charge in [-0.2, -0.15) is 0 Å². The van der Waals surface area contributed by atoms with Crippen LogP contribution in [-0.4, -0.2) is 34.9 Å². The molecule has 0 aliphatic carbocycles. The lowest BCUT2D eigenvalue weighted by Gasteiger charge is -2.19. The number of amides is 1. The first kappa shape index (κ1) is 50.6. The maximum Gasteiger partial charge on any atom is 0.220 e. The lowest BCUT2D eigenvalue weighted by Crippen LogP contribution is -2.45. The summed E-state index contributed by atoms with van der Waals surface area (Å²) < 4.78 is 0. The molecular weight excluding hydrogens is 639 g/mol. The Kier molecular flexibility index (Phi) is 42.8. The van der Waals surface area contributed by atoms with Gasteiger partial charge in [0.1, 0.15) is 0 Å². The fraction of sp³-hybridized carbons (Fsp3) is 0.854. The van der Waals surface area contributed by atoms with Crippen LogP contribution >= 0.6 is 0 Å². The summed E-state index contributed by atoms with van der Waals surface area (Å²) in [4.78, 5) is 12.4. The number of hydrogen-bond donors (Lipinski definition) is 3. The lowest BCUT2D eigenvalue weighted by molar-refractivity contribution is -0.123. The Morgan fingerprint density at radius 1 is 0.442 bits per heavy atom. The molecule has 4 heteroatoms. The van der Waals surface area contributed by atoms with Gasteiger partial charge in [0.15, 0.2) is 0 Å². The van der Waals surface area contributed by atoms with Gasteiger partial charge in [-0.15, -0.1) is 0 Å². The smallest absolute Gasteiger partial charge is 0.220 e. The van der Waals surface area contributed by atoms with Gasteiger partial charge in [-0.3, -0.25) is 4.79 Å². The number of aliphatic hydroxyl groups excluding tert-OH is 2. The second kappa shape index (κ2) is 44.0. The summed E-state index contributed by atoms with van der Waals surface area (Å²) in [5.74, 6) is -0.0767. The van der Waals surface area contributed by atoms with Crippen LogP contribution in [0.25, 0.3) is 0 Å². The minimum atomic E-state index is -0.863. The Labute approximate surface area is 325 Å². The third-order valence-electron chi connectivity index (χ3n) is 10.6. The van der Waals surface area contributed by atoms with Crippen molar-refractivity contribution in [1.29, 1.82) is 0 Å². The van der Waals surface area contributed by atoms with Crippen LogP contribution < -0.4 is 5.32 Å². The number of unbranched alkanes of at least 4 members (excludes halogenated alkanes) is 31. The van der Waals surface area contributed by atoms with Crippen molar-refractivity contribution in [3.8, 4) is 0 Å². The zero-order valence-corrected chi connectivity index (χ0v) is 35.1. The number of allylic oxidation sites excluding steroid dienone is 5. The predicted octanol–water partition coefficient (Wildman–Crippen LogP) is 14.6. The monoisotopic (exact) mass is 730 g/mol. The van der Waals surface area contributed by atoms with E-state index >= 15 is 0 Å². The molecular formula is C48H91NO3. The van der Waals surface area contributed by atoms with Gasteiger partial charge >= 0.3 is 0 Å². The largest absolute Gasteiger partial charge is 0.394 e. The highest BCUT2D eigenvalue weighted by atomic mass is 16.3. The van der Waals surface area contributed by atoms with Crippen LogP contribution in [0.2, 0.25) is 0 Å². The van der Waals surface area contributed by atoms with Gasteiger partial charge in [-0.25, -0.2) is 0 Å². The van der Waals surface area contributed by atoms with Crippen molar-refractivity contribution in [2.24, 2.45) is 0 Å². The van der Waals surface area contributed by atoms with E-state index in [0.717, 1.165) is 32.1 Å². The molecule has 0 rings (SSSR count). The minimum Gasteiger partial charge on any atom is -0.394 e. The highest BCUT2D eigenvalue weighted by Gasteiger charge is 2.17. The number of nitrogens with one attached hydrogen (secondary N) is 1. The van der Waals surface area contributed by atoms with Gasteiger partial charge in [0.25, 0.3) is 0 Å². The number of carbonyl (C=O) groups is 1. The van der Waals surface area contributed by atoms with Gasteiger partial charge in [-0.05, 0) is 57.8 Å². The molecule has 0 heterocycles. The normalized spacial score (nSPS) is 13.2. The van der Waals surface area contributed by atoms with E-state index in [1.165, 1.54) is 193 Å². The molecule has 4 nitrogen and oxygen atoms in total. The van der Waals surface area contributed by atoms with Crippen molar-refractivity contribution in [3.05, 3.63) is 36.5 Å². The highest BCUT2D eigenvalue weighted by molar-refractivity contribution is 5.76. The van der Waals surface area contributed by atoms with Crippen molar-refractivity contribution in [1.82, 2.24) is 5.32 Å². The average molecular weight is 730 g/mol. The van der Waals surface area contributed by atoms with E-state index in [-0.39, 0.29) is 12.5 Å². The molecule has 52 heavy (non-hydrogen) atoms. The number of aliphatic hydroxyl groups is 2. The van der Waals surface area contributed by atoms with Crippen LogP contribution in [0.1, 0.15) is 245 Å². The molecule has 0 fully saturated rings. The summed E-state index contributed by atoms with van der Waals surface area (Å²) in [6.07, 6.45) is 58.3. The molecule has 0 saturated heterocycles. The Morgan fingerprint density at radius 3 is 1.12 bits per heavy atom. The molecule has 0 saturated carbocycles. The van der Waals surface area contributed by atoms with E-state index in [0.29, 0.717) is 6.42 Å². The molecule has 0 radical (unpaired) electrons. The van der Waals surface area contributed by atoms with Gasteiger partial charge in [-0.1, -0.05) is 217 Å². The maximum absolute atomic E-state index is 12.4. The summed E-state index contributed by atoms with van der Waals surface area (Å²) in [5, 5.41) is 23.0. The summed E-state index contributed by atoms with van der Waals surface area (Å²) in [5.41, 5.74) is 0. The third kappa shape index (κ3) is 39.8. The Balaban J connectivity index is 3.59. The zero-order valence-electron chi connectivity index (χ0n) is 35.1. The van der Waals surface area contributed by atoms with E-state index in [2.05, 4.69) is 43.5 Å². The molecule has 1 amide bonds. The van der Waals surface area contributed by atoms with E-state index in [1.54, 1.807) is 6.08 Å². The molecule has 2 atom stereocenters. The second-order valence-corrected chi connectivity index (χ2v) is 15.8. The van der Waals surface area contributed by atoms with E-state index < -0.39 is 12.1 Å². The first-order valence-electron chi connectivity index (χ1n) is 23.2. The molecule has 0 aromatic carbocycles. The van der Waals surface area contributed by atoms with Gasteiger partial charge < -0.3 is 15.5 Å². The van der Waals surface area contributed by atoms with E-state index in [9.17, 15) is 15.0 Å². The fourth-order valence-electron chi connectivity index (χ4n) is 7.01. The van der Waals surface area contributed by atoms with Crippen LogP contribution in [0, 0.1) is 0 Å². The third-order valence-corrected chi connectivity index (χ3v) is 10.6. The molecule has 2 unspecified atom stereocenters. The zero-order chi connectivity index (χ0) is 37.8. The molecule has 0 spiro atoms. The molecule has 0 aliphatic rings. The number of carbonyl (C=O) groups excluding carboxylic acids is 1. The fourth-order valence-corrected chi connectivity index (χ4v) is 7.01. The van der Waals surface area contributed by atoms with Gasteiger partial charge in [0.05, 0.1) is 18.8 Å². The van der Waals surface area contributed by atoms with Crippen LogP contribution in [0.3, 0.4) is 0 Å². The van der Waals surface area contributed by atoms with Crippen molar-refractivity contribution in [3.63, 3.8) is 0 Å². The summed E-state index contributed by atoms with van der Waals surface area (Å²) in [6, 6.07) is -0.640. The molecule has 0 aromatic rings. The van der Waals surface area contributed by atoms with Gasteiger partial charge in [0, 0.05) is 6.42 Å². The van der Waals surface area contributed by atoms with E-state index in [4.69, 9.17) is 0 Å². The Morgan fingerprint density at radius 2 is 0.750 bits per heavy atom. The molecule has 306 valence electrons. The molecule has 3 N–H and O–H groups in total. The van der Waals surface area contributed by atoms with E-state index in [1.807, 2.05) is 6.08 Å². The Bertz CT molecular complexity index is 790. The first-order chi connectivity index (χ1) is 25.7. The number of hydrogen-bond acceptors (Lipinski definition) is 3. The molecule has 0 bridgehead atoms. The quantitative estimate of drug-likeness (QED) is 0.0433. The average Bonchev–Trinajstić information content (AvgIpc) is 3.15. The lowest BCUT2D eigenvalue weighted by atomic mass is 10.0. The van der Waals surface area contributed by atoms with Crippen molar-refractivity contribution >= 4 is 5.91 Å². The van der Waals surface area contributed by atoms with Gasteiger partial charge in [0.2, 0.25) is 5.91 Å². The predicted molar refractivity (Wildman–Crippen MR) is 230 cm³/mol. The van der Waals surface area contributed by atoms with Crippen molar-refractivity contribution in [2.45, 2.75) is 257 Å². The summed E-state index contributed by atoms with van der Waals surface area (Å²) >= 11 is 0. The summed E-state index contributed by atoms with van der Waals surface area (Å²) in [7, 11) is 0. The first-order valence-corrected chi connectivity index (χ1v) is 23.2.